The highest BCUT2D eigenvalue weighted by Gasteiger charge is 2.18. The zero-order chi connectivity index (χ0) is 15.2. The number of halogens is 1. The highest BCUT2D eigenvalue weighted by atomic mass is 79.9. The maximum atomic E-state index is 10.9. The van der Waals surface area contributed by atoms with E-state index in [1.807, 2.05) is 20.8 Å². The van der Waals surface area contributed by atoms with Gasteiger partial charge in [0.1, 0.15) is 6.29 Å². The Bertz CT molecular complexity index is 521. The Hall–Kier alpha value is -1.54. The first-order chi connectivity index (χ1) is 9.43. The maximum Gasteiger partial charge on any atom is 0.175 e. The van der Waals surface area contributed by atoms with Crippen molar-refractivity contribution in [1.29, 1.82) is 5.26 Å². The molecule has 0 aliphatic rings. The summed E-state index contributed by atoms with van der Waals surface area (Å²) in [6.07, 6.45) is 1.37. The van der Waals surface area contributed by atoms with Crippen molar-refractivity contribution in [3.63, 3.8) is 0 Å². The van der Waals surface area contributed by atoms with Crippen LogP contribution in [0.3, 0.4) is 0 Å². The fourth-order valence-corrected chi connectivity index (χ4v) is 2.10. The Balaban J connectivity index is 2.88. The summed E-state index contributed by atoms with van der Waals surface area (Å²) in [4.78, 5) is 10.9. The SMILES string of the molecule is CCOc1cc(C=O)cc(Br)c1OCCC(C)(C)C#N. The van der Waals surface area contributed by atoms with Gasteiger partial charge in [0.25, 0.3) is 0 Å². The van der Waals surface area contributed by atoms with Crippen LogP contribution in [0, 0.1) is 16.7 Å². The van der Waals surface area contributed by atoms with Crippen LogP contribution in [-0.4, -0.2) is 19.5 Å². The van der Waals surface area contributed by atoms with E-state index in [1.165, 1.54) is 0 Å². The molecule has 0 spiro atoms. The molecule has 0 aliphatic carbocycles. The molecular weight excluding hydrogens is 322 g/mol. The van der Waals surface area contributed by atoms with E-state index in [9.17, 15) is 4.79 Å². The van der Waals surface area contributed by atoms with Gasteiger partial charge in [0.15, 0.2) is 11.5 Å². The zero-order valence-electron chi connectivity index (χ0n) is 11.9. The minimum absolute atomic E-state index is 0.402. The summed E-state index contributed by atoms with van der Waals surface area (Å²) in [7, 11) is 0. The molecule has 1 aromatic carbocycles. The zero-order valence-corrected chi connectivity index (χ0v) is 13.5. The van der Waals surface area contributed by atoms with E-state index in [-0.39, 0.29) is 0 Å². The summed E-state index contributed by atoms with van der Waals surface area (Å²) in [5.41, 5.74) is 0.0890. The fraction of sp³-hybridized carbons (Fsp3) is 0.467. The first-order valence-corrected chi connectivity index (χ1v) is 7.18. The Kier molecular flexibility index (Phi) is 6.03. The van der Waals surface area contributed by atoms with Gasteiger partial charge in [-0.05, 0) is 55.3 Å². The molecule has 0 fully saturated rings. The first kappa shape index (κ1) is 16.5. The topological polar surface area (TPSA) is 59.3 Å². The molecule has 0 N–H and O–H groups in total. The van der Waals surface area contributed by atoms with Crippen molar-refractivity contribution in [2.24, 2.45) is 5.41 Å². The summed E-state index contributed by atoms with van der Waals surface area (Å²) in [6.45, 7) is 6.48. The van der Waals surface area contributed by atoms with Gasteiger partial charge < -0.3 is 9.47 Å². The van der Waals surface area contributed by atoms with Crippen LogP contribution in [0.2, 0.25) is 0 Å². The predicted molar refractivity (Wildman–Crippen MR) is 80.2 cm³/mol. The Morgan fingerprint density at radius 3 is 2.65 bits per heavy atom. The van der Waals surface area contributed by atoms with Gasteiger partial charge >= 0.3 is 0 Å². The number of nitrogens with zero attached hydrogens (tertiary/aromatic N) is 1. The molecule has 0 heterocycles. The number of benzene rings is 1. The average Bonchev–Trinajstić information content (AvgIpc) is 2.41. The molecule has 0 unspecified atom stereocenters. The van der Waals surface area contributed by atoms with E-state index in [1.54, 1.807) is 12.1 Å². The molecule has 0 amide bonds. The second kappa shape index (κ2) is 7.30. The van der Waals surface area contributed by atoms with Crippen LogP contribution in [0.1, 0.15) is 37.6 Å². The third kappa shape index (κ3) is 4.53. The van der Waals surface area contributed by atoms with Crippen LogP contribution in [-0.2, 0) is 0 Å². The minimum Gasteiger partial charge on any atom is -0.490 e. The second-order valence-corrected chi connectivity index (χ2v) is 5.83. The van der Waals surface area contributed by atoms with E-state index in [4.69, 9.17) is 14.7 Å². The molecule has 20 heavy (non-hydrogen) atoms. The highest BCUT2D eigenvalue weighted by molar-refractivity contribution is 9.10. The molecule has 0 saturated heterocycles. The normalized spacial score (nSPS) is 10.8. The fourth-order valence-electron chi connectivity index (χ4n) is 1.52. The second-order valence-electron chi connectivity index (χ2n) is 4.98. The molecule has 0 saturated carbocycles. The van der Waals surface area contributed by atoms with Gasteiger partial charge in [0, 0.05) is 5.56 Å². The van der Waals surface area contributed by atoms with Crippen LogP contribution in [0.15, 0.2) is 16.6 Å². The molecule has 0 aromatic heterocycles. The summed E-state index contributed by atoms with van der Waals surface area (Å²) in [5.74, 6) is 1.09. The molecule has 0 atom stereocenters. The van der Waals surface area contributed by atoms with Gasteiger partial charge in [-0.2, -0.15) is 5.26 Å². The lowest BCUT2D eigenvalue weighted by Crippen LogP contribution is -2.13. The molecule has 0 radical (unpaired) electrons. The predicted octanol–water partition coefficient (Wildman–Crippen LogP) is 3.98. The summed E-state index contributed by atoms with van der Waals surface area (Å²) < 4.78 is 11.9. The lowest BCUT2D eigenvalue weighted by molar-refractivity contribution is 0.112. The van der Waals surface area contributed by atoms with Gasteiger partial charge in [-0.15, -0.1) is 0 Å². The van der Waals surface area contributed by atoms with Crippen LogP contribution in [0.25, 0.3) is 0 Å². The van der Waals surface area contributed by atoms with Gasteiger partial charge in [0.2, 0.25) is 0 Å². The van der Waals surface area contributed by atoms with E-state index < -0.39 is 5.41 Å². The van der Waals surface area contributed by atoms with E-state index in [0.717, 1.165) is 6.29 Å². The van der Waals surface area contributed by atoms with Crippen molar-refractivity contribution in [3.05, 3.63) is 22.2 Å². The molecule has 1 rings (SSSR count). The van der Waals surface area contributed by atoms with Crippen LogP contribution < -0.4 is 9.47 Å². The third-order valence-electron chi connectivity index (χ3n) is 2.74. The number of ether oxygens (including phenoxy) is 2. The number of aldehydes is 1. The molecule has 108 valence electrons. The van der Waals surface area contributed by atoms with Gasteiger partial charge in [-0.1, -0.05) is 0 Å². The minimum atomic E-state index is -0.430. The Labute approximate surface area is 127 Å². The van der Waals surface area contributed by atoms with Crippen molar-refractivity contribution in [3.8, 4) is 17.6 Å². The van der Waals surface area contributed by atoms with E-state index in [0.29, 0.717) is 41.2 Å². The third-order valence-corrected chi connectivity index (χ3v) is 3.33. The van der Waals surface area contributed by atoms with E-state index in [2.05, 4.69) is 22.0 Å². The van der Waals surface area contributed by atoms with Gasteiger partial charge in [0.05, 0.1) is 29.2 Å². The molecular formula is C15H18BrNO3. The number of nitriles is 1. The Morgan fingerprint density at radius 2 is 2.10 bits per heavy atom. The monoisotopic (exact) mass is 339 g/mol. The quantitative estimate of drug-likeness (QED) is 0.705. The number of hydrogen-bond acceptors (Lipinski definition) is 4. The average molecular weight is 340 g/mol. The molecule has 4 nitrogen and oxygen atoms in total. The van der Waals surface area contributed by atoms with Crippen molar-refractivity contribution < 1.29 is 14.3 Å². The smallest absolute Gasteiger partial charge is 0.175 e. The first-order valence-electron chi connectivity index (χ1n) is 6.39. The number of rotatable bonds is 7. The summed E-state index contributed by atoms with van der Waals surface area (Å²) >= 11 is 3.38. The van der Waals surface area contributed by atoms with Crippen molar-refractivity contribution in [2.75, 3.05) is 13.2 Å². The molecule has 1 aromatic rings. The van der Waals surface area contributed by atoms with Crippen LogP contribution >= 0.6 is 15.9 Å². The molecule has 0 bridgehead atoms. The number of hydrogen-bond donors (Lipinski definition) is 0. The van der Waals surface area contributed by atoms with Gasteiger partial charge in [-0.25, -0.2) is 0 Å². The van der Waals surface area contributed by atoms with E-state index >= 15 is 0 Å². The van der Waals surface area contributed by atoms with Crippen molar-refractivity contribution in [1.82, 2.24) is 0 Å². The summed E-state index contributed by atoms with van der Waals surface area (Å²) in [5, 5.41) is 8.97. The largest absolute Gasteiger partial charge is 0.490 e. The van der Waals surface area contributed by atoms with Crippen molar-refractivity contribution in [2.45, 2.75) is 27.2 Å². The lowest BCUT2D eigenvalue weighted by atomic mass is 9.92. The Morgan fingerprint density at radius 1 is 1.40 bits per heavy atom. The van der Waals surface area contributed by atoms with Crippen LogP contribution in [0.4, 0.5) is 0 Å². The maximum absolute atomic E-state index is 10.9. The molecule has 0 aliphatic heterocycles. The number of carbonyl (C=O) groups is 1. The number of carbonyl (C=O) groups excluding carboxylic acids is 1. The molecule has 5 heteroatoms. The highest BCUT2D eigenvalue weighted by Crippen LogP contribution is 2.37. The van der Waals surface area contributed by atoms with Crippen LogP contribution in [0.5, 0.6) is 11.5 Å². The standard InChI is InChI=1S/C15H18BrNO3/c1-4-19-13-8-11(9-18)7-12(16)14(13)20-6-5-15(2,3)10-17/h7-9H,4-6H2,1-3H3. The lowest BCUT2D eigenvalue weighted by Gasteiger charge is -2.18. The summed E-state index contributed by atoms with van der Waals surface area (Å²) in [6, 6.07) is 5.56. The van der Waals surface area contributed by atoms with Crippen molar-refractivity contribution >= 4 is 22.2 Å². The van der Waals surface area contributed by atoms with Gasteiger partial charge in [-0.3, -0.25) is 4.79 Å².